The summed E-state index contributed by atoms with van der Waals surface area (Å²) in [6, 6.07) is 31.9. The minimum Gasteiger partial charge on any atom is -0.460 e. The van der Waals surface area contributed by atoms with Crippen LogP contribution >= 0.6 is 0 Å². The molecule has 50 heavy (non-hydrogen) atoms. The zero-order valence-electron chi connectivity index (χ0n) is 28.0. The van der Waals surface area contributed by atoms with Crippen LogP contribution in [0.2, 0.25) is 0 Å². The summed E-state index contributed by atoms with van der Waals surface area (Å²) in [5, 5.41) is 7.37. The third-order valence-electron chi connectivity index (χ3n) is 10.0. The van der Waals surface area contributed by atoms with Crippen molar-refractivity contribution in [3.05, 3.63) is 120 Å². The lowest BCUT2D eigenvalue weighted by molar-refractivity contribution is -0.166. The van der Waals surface area contributed by atoms with Crippen LogP contribution in [0.15, 0.2) is 108 Å². The fraction of sp³-hybridized carbons (Fsp3) is 0.317. The normalized spacial score (nSPS) is 16.5. The Balaban J connectivity index is 0.984. The summed E-state index contributed by atoms with van der Waals surface area (Å²) in [6.45, 7) is 2.00. The number of rotatable bonds is 10. The Labute approximate surface area is 291 Å². The number of piperidine rings is 1. The summed E-state index contributed by atoms with van der Waals surface area (Å²) < 4.78 is 26.3. The van der Waals surface area contributed by atoms with Crippen LogP contribution in [-0.4, -0.2) is 46.0 Å². The monoisotopic (exact) mass is 672 g/mol. The van der Waals surface area contributed by atoms with E-state index < -0.39 is 11.4 Å². The third kappa shape index (κ3) is 7.53. The van der Waals surface area contributed by atoms with Crippen LogP contribution in [0.25, 0.3) is 34.0 Å². The number of amides is 1. The van der Waals surface area contributed by atoms with E-state index in [1.807, 2.05) is 84.9 Å². The van der Waals surface area contributed by atoms with E-state index in [1.54, 1.807) is 12.1 Å². The van der Waals surface area contributed by atoms with Crippen molar-refractivity contribution < 1.29 is 23.2 Å². The Bertz CT molecular complexity index is 1900. The van der Waals surface area contributed by atoms with Crippen molar-refractivity contribution in [1.82, 2.24) is 20.4 Å². The zero-order chi connectivity index (χ0) is 34.3. The topological polar surface area (TPSA) is 97.6 Å². The Morgan fingerprint density at radius 3 is 2.20 bits per heavy atom. The molecule has 2 fully saturated rings. The van der Waals surface area contributed by atoms with E-state index in [9.17, 15) is 14.0 Å². The van der Waals surface area contributed by atoms with Crippen LogP contribution in [-0.2, 0) is 27.5 Å². The molecule has 0 spiro atoms. The van der Waals surface area contributed by atoms with E-state index >= 15 is 0 Å². The molecule has 0 unspecified atom stereocenters. The largest absolute Gasteiger partial charge is 0.460 e. The predicted molar refractivity (Wildman–Crippen MR) is 189 cm³/mol. The van der Waals surface area contributed by atoms with Crippen LogP contribution in [0.4, 0.5) is 4.39 Å². The van der Waals surface area contributed by atoms with Crippen molar-refractivity contribution in [3.8, 4) is 34.0 Å². The highest BCUT2D eigenvalue weighted by molar-refractivity contribution is 6.03. The summed E-state index contributed by atoms with van der Waals surface area (Å²) in [5.74, 6) is -0.329. The Morgan fingerprint density at radius 2 is 1.50 bits per heavy atom. The second-order valence-corrected chi connectivity index (χ2v) is 13.4. The summed E-state index contributed by atoms with van der Waals surface area (Å²) in [4.78, 5) is 34.2. The molecule has 5 aromatic rings. The number of carbonyl (C=O) groups is 2. The van der Waals surface area contributed by atoms with E-state index in [-0.39, 0.29) is 30.3 Å². The van der Waals surface area contributed by atoms with Gasteiger partial charge in [0.15, 0.2) is 0 Å². The third-order valence-corrected chi connectivity index (χ3v) is 10.0. The second-order valence-electron chi connectivity index (χ2n) is 13.4. The van der Waals surface area contributed by atoms with E-state index in [0.29, 0.717) is 49.4 Å². The van der Waals surface area contributed by atoms with Gasteiger partial charge in [-0.25, -0.2) is 4.39 Å². The van der Waals surface area contributed by atoms with E-state index in [2.05, 4.69) is 20.4 Å². The number of carbonyl (C=O) groups excluding carboxylic acids is 2. The molecule has 1 saturated heterocycles. The van der Waals surface area contributed by atoms with Crippen molar-refractivity contribution in [2.24, 2.45) is 5.41 Å². The molecular weight excluding hydrogens is 631 g/mol. The molecule has 9 heteroatoms. The summed E-state index contributed by atoms with van der Waals surface area (Å²) in [7, 11) is 0. The minimum absolute atomic E-state index is 0.114. The summed E-state index contributed by atoms with van der Waals surface area (Å²) in [5.41, 5.74) is 3.38. The highest BCUT2D eigenvalue weighted by Crippen LogP contribution is 2.36. The zero-order valence-corrected chi connectivity index (χ0v) is 28.0. The number of esters is 1. The number of aromatic nitrogens is 2. The van der Waals surface area contributed by atoms with Crippen molar-refractivity contribution >= 4 is 11.9 Å². The average molecular weight is 673 g/mol. The first-order valence-corrected chi connectivity index (χ1v) is 17.5. The molecule has 8 nitrogen and oxygen atoms in total. The first-order chi connectivity index (χ1) is 24.5. The summed E-state index contributed by atoms with van der Waals surface area (Å²) in [6.07, 6.45) is 6.09. The average Bonchev–Trinajstić information content (AvgIpc) is 3.66. The number of likely N-dealkylation sites (tertiary alicyclic amines) is 1. The number of ether oxygens (including phenoxy) is 1. The molecule has 1 aliphatic carbocycles. The Hall–Kier alpha value is -5.15. The van der Waals surface area contributed by atoms with Gasteiger partial charge in [0.25, 0.3) is 5.89 Å². The number of nitrogens with one attached hydrogen (secondary N) is 1. The Morgan fingerprint density at radius 1 is 0.820 bits per heavy atom. The van der Waals surface area contributed by atoms with Gasteiger partial charge in [0.2, 0.25) is 11.7 Å². The highest BCUT2D eigenvalue weighted by Gasteiger charge is 2.49. The molecule has 2 aliphatic rings. The van der Waals surface area contributed by atoms with Gasteiger partial charge in [0.05, 0.1) is 0 Å². The van der Waals surface area contributed by atoms with Gasteiger partial charge in [0.1, 0.15) is 17.8 Å². The lowest BCUT2D eigenvalue weighted by Gasteiger charge is -2.39. The quantitative estimate of drug-likeness (QED) is 0.119. The number of benzene rings is 4. The van der Waals surface area contributed by atoms with Crippen LogP contribution in [0, 0.1) is 11.2 Å². The van der Waals surface area contributed by atoms with Gasteiger partial charge >= 0.3 is 5.97 Å². The van der Waals surface area contributed by atoms with E-state index in [0.717, 1.165) is 47.9 Å². The van der Waals surface area contributed by atoms with Gasteiger partial charge in [-0.05, 0) is 54.5 Å². The van der Waals surface area contributed by atoms with Gasteiger partial charge in [-0.3, -0.25) is 14.5 Å². The van der Waals surface area contributed by atoms with E-state index in [1.165, 1.54) is 12.5 Å². The molecule has 1 aliphatic heterocycles. The molecule has 1 N–H and O–H groups in total. The molecule has 1 amide bonds. The van der Waals surface area contributed by atoms with Crippen LogP contribution in [0.5, 0.6) is 0 Å². The van der Waals surface area contributed by atoms with Gasteiger partial charge in [-0.2, -0.15) is 4.98 Å². The SMILES string of the molecule is O=C(NC1CCCCC1)C1(C(=O)OCc2ccccc2)CCN(Cc2ccc(-c3noc(-c4ccc(-c5ccccc5)c(F)c4)n3)cc2)CC1. The van der Waals surface area contributed by atoms with Gasteiger partial charge in [-0.15, -0.1) is 0 Å². The molecule has 0 atom stereocenters. The molecule has 1 saturated carbocycles. The molecule has 4 aromatic carbocycles. The maximum absolute atomic E-state index is 15.0. The van der Waals surface area contributed by atoms with Crippen molar-refractivity contribution in [2.75, 3.05) is 13.1 Å². The molecule has 2 heterocycles. The number of hydrogen-bond donors (Lipinski definition) is 1. The fourth-order valence-corrected chi connectivity index (χ4v) is 7.02. The first kappa shape index (κ1) is 33.4. The molecule has 0 radical (unpaired) electrons. The number of nitrogens with zero attached hydrogens (tertiary/aromatic N) is 3. The van der Waals surface area contributed by atoms with Gasteiger partial charge < -0.3 is 14.6 Å². The van der Waals surface area contributed by atoms with Crippen LogP contribution < -0.4 is 5.32 Å². The molecule has 256 valence electrons. The van der Waals surface area contributed by atoms with Crippen molar-refractivity contribution in [2.45, 2.75) is 64.1 Å². The maximum Gasteiger partial charge on any atom is 0.322 e. The van der Waals surface area contributed by atoms with Crippen molar-refractivity contribution in [3.63, 3.8) is 0 Å². The smallest absolute Gasteiger partial charge is 0.322 e. The Kier molecular flexibility index (Phi) is 10.1. The lowest BCUT2D eigenvalue weighted by atomic mass is 9.76. The first-order valence-electron chi connectivity index (χ1n) is 17.5. The standard InChI is InChI=1S/C41H41FN4O4/c42-36-26-33(20-21-35(36)31-12-6-2-7-13-31)38-44-37(45-50-38)32-18-16-29(17-19-32)27-46-24-22-41(23-25-46,39(47)43-34-14-8-3-9-15-34)40(48)49-28-30-10-4-1-5-11-30/h1-2,4-7,10-13,16-21,26,34H,3,8-9,14-15,22-25,27-28H2,(H,43,47). The van der Waals surface area contributed by atoms with Gasteiger partial charge in [0, 0.05) is 42.4 Å². The van der Waals surface area contributed by atoms with Crippen LogP contribution in [0.1, 0.15) is 56.1 Å². The predicted octanol–water partition coefficient (Wildman–Crippen LogP) is 7.98. The number of hydrogen-bond acceptors (Lipinski definition) is 7. The lowest BCUT2D eigenvalue weighted by Crippen LogP contribution is -2.55. The molecular formula is C41H41FN4O4. The molecule has 1 aromatic heterocycles. The van der Waals surface area contributed by atoms with Gasteiger partial charge in [-0.1, -0.05) is 115 Å². The second kappa shape index (κ2) is 15.2. The van der Waals surface area contributed by atoms with Crippen molar-refractivity contribution in [1.29, 1.82) is 0 Å². The minimum atomic E-state index is -1.20. The molecule has 0 bridgehead atoms. The van der Waals surface area contributed by atoms with E-state index in [4.69, 9.17) is 9.26 Å². The molecule has 7 rings (SSSR count). The number of halogens is 1. The fourth-order valence-electron chi connectivity index (χ4n) is 7.02. The summed E-state index contributed by atoms with van der Waals surface area (Å²) >= 11 is 0. The van der Waals surface area contributed by atoms with Crippen LogP contribution in [0.3, 0.4) is 0 Å². The maximum atomic E-state index is 15.0. The highest BCUT2D eigenvalue weighted by atomic mass is 19.1.